The molecule has 0 aromatic heterocycles. The number of aliphatic hydroxyl groups excluding tert-OH is 6. The molecule has 4 atom stereocenters. The fourth-order valence-corrected chi connectivity index (χ4v) is 1.51. The summed E-state index contributed by atoms with van der Waals surface area (Å²) in [7, 11) is 0. The van der Waals surface area contributed by atoms with E-state index in [0.29, 0.717) is 5.56 Å². The van der Waals surface area contributed by atoms with E-state index >= 15 is 0 Å². The van der Waals surface area contributed by atoms with Gasteiger partial charge in [-0.15, -0.1) is 0 Å². The highest BCUT2D eigenvalue weighted by molar-refractivity contribution is 5.51. The van der Waals surface area contributed by atoms with Crippen LogP contribution in [0.3, 0.4) is 0 Å². The summed E-state index contributed by atoms with van der Waals surface area (Å²) in [4.78, 5) is 0. The van der Waals surface area contributed by atoms with Crippen LogP contribution in [0, 0.1) is 5.82 Å². The molecule has 0 aliphatic heterocycles. The van der Waals surface area contributed by atoms with Gasteiger partial charge in [0.1, 0.15) is 36.0 Å². The lowest BCUT2D eigenvalue weighted by Crippen LogP contribution is -2.46. The van der Waals surface area contributed by atoms with Crippen LogP contribution in [0.5, 0.6) is 0 Å². The Kier molecular flexibility index (Phi) is 6.05. The van der Waals surface area contributed by atoms with E-state index in [4.69, 9.17) is 10.2 Å². The highest BCUT2D eigenvalue weighted by Crippen LogP contribution is 2.14. The molecule has 6 nitrogen and oxygen atoms in total. The summed E-state index contributed by atoms with van der Waals surface area (Å²) in [6, 6.07) is 4.96. The van der Waals surface area contributed by atoms with E-state index in [-0.39, 0.29) is 0 Å². The van der Waals surface area contributed by atoms with Gasteiger partial charge in [0.2, 0.25) is 0 Å². The van der Waals surface area contributed by atoms with Crippen molar-refractivity contribution in [2.75, 3.05) is 6.61 Å². The first kappa shape index (κ1) is 16.5. The first-order valence-electron chi connectivity index (χ1n) is 5.86. The van der Waals surface area contributed by atoms with Crippen LogP contribution in [0.1, 0.15) is 5.56 Å². The number of hydrogen-bond donors (Lipinski definition) is 6. The summed E-state index contributed by atoms with van der Waals surface area (Å²) in [6.45, 7) is -0.812. The Morgan fingerprint density at radius 1 is 1.05 bits per heavy atom. The maximum absolute atomic E-state index is 12.7. The van der Waals surface area contributed by atoms with Crippen molar-refractivity contribution in [3.8, 4) is 0 Å². The van der Waals surface area contributed by atoms with Crippen LogP contribution in [-0.4, -0.2) is 61.7 Å². The number of hydrogen-bond acceptors (Lipinski definition) is 6. The smallest absolute Gasteiger partial charge is 0.139 e. The highest BCUT2D eigenvalue weighted by atomic mass is 19.1. The Morgan fingerprint density at radius 2 is 1.60 bits per heavy atom. The van der Waals surface area contributed by atoms with Gasteiger partial charge in [-0.2, -0.15) is 0 Å². The third-order valence-corrected chi connectivity index (χ3v) is 2.74. The normalized spacial score (nSPS) is 18.4. The SMILES string of the molecule is OC[C@@H](O)[C@@H](O)[C@H](O)[C@@H](O)C(O)=Cc1ccc(F)cc1. The summed E-state index contributed by atoms with van der Waals surface area (Å²) < 4.78 is 12.7. The number of benzene rings is 1. The molecule has 0 spiro atoms. The van der Waals surface area contributed by atoms with Gasteiger partial charge in [0.25, 0.3) is 0 Å². The van der Waals surface area contributed by atoms with Crippen molar-refractivity contribution in [1.29, 1.82) is 0 Å². The Morgan fingerprint density at radius 3 is 2.10 bits per heavy atom. The Bertz CT molecular complexity index is 447. The molecule has 0 heterocycles. The summed E-state index contributed by atoms with van der Waals surface area (Å²) in [5.74, 6) is -1.14. The average molecular weight is 288 g/mol. The molecule has 0 unspecified atom stereocenters. The van der Waals surface area contributed by atoms with Gasteiger partial charge in [-0.25, -0.2) is 4.39 Å². The zero-order valence-corrected chi connectivity index (χ0v) is 10.5. The predicted octanol–water partition coefficient (Wildman–Crippen LogP) is -0.839. The summed E-state index contributed by atoms with van der Waals surface area (Å²) in [5.41, 5.74) is 0.368. The van der Waals surface area contributed by atoms with Gasteiger partial charge in [-0.1, -0.05) is 12.1 Å². The fraction of sp³-hybridized carbons (Fsp3) is 0.385. The first-order valence-corrected chi connectivity index (χ1v) is 5.86. The molecule has 0 fully saturated rings. The third kappa shape index (κ3) is 4.26. The van der Waals surface area contributed by atoms with Gasteiger partial charge < -0.3 is 30.6 Å². The molecule has 0 saturated carbocycles. The third-order valence-electron chi connectivity index (χ3n) is 2.74. The lowest BCUT2D eigenvalue weighted by atomic mass is 10.0. The maximum atomic E-state index is 12.7. The molecule has 0 aliphatic carbocycles. The quantitative estimate of drug-likeness (QED) is 0.380. The molecule has 0 radical (unpaired) electrons. The van der Waals surface area contributed by atoms with E-state index in [1.54, 1.807) is 0 Å². The van der Waals surface area contributed by atoms with Gasteiger partial charge in [0, 0.05) is 0 Å². The van der Waals surface area contributed by atoms with Crippen LogP contribution in [0.25, 0.3) is 6.08 Å². The minimum absolute atomic E-state index is 0.368. The topological polar surface area (TPSA) is 121 Å². The lowest BCUT2D eigenvalue weighted by molar-refractivity contribution is -0.112. The van der Waals surface area contributed by atoms with Crippen molar-refractivity contribution in [3.05, 3.63) is 41.4 Å². The molecule has 1 aromatic rings. The average Bonchev–Trinajstić information content (AvgIpc) is 2.46. The van der Waals surface area contributed by atoms with Crippen molar-refractivity contribution in [1.82, 2.24) is 0 Å². The number of rotatable bonds is 6. The molecule has 0 bridgehead atoms. The van der Waals surface area contributed by atoms with Crippen molar-refractivity contribution in [2.24, 2.45) is 0 Å². The highest BCUT2D eigenvalue weighted by Gasteiger charge is 2.32. The van der Waals surface area contributed by atoms with Gasteiger partial charge in [-0.3, -0.25) is 0 Å². The van der Waals surface area contributed by atoms with Crippen LogP contribution in [0.15, 0.2) is 30.0 Å². The van der Waals surface area contributed by atoms with E-state index in [1.165, 1.54) is 12.1 Å². The molecule has 0 saturated heterocycles. The molecule has 6 N–H and O–H groups in total. The second-order valence-corrected chi connectivity index (χ2v) is 4.30. The molecule has 0 amide bonds. The van der Waals surface area contributed by atoms with Gasteiger partial charge in [0.15, 0.2) is 0 Å². The molecule has 112 valence electrons. The van der Waals surface area contributed by atoms with E-state index in [1.807, 2.05) is 0 Å². The molecule has 20 heavy (non-hydrogen) atoms. The van der Waals surface area contributed by atoms with E-state index in [9.17, 15) is 24.8 Å². The zero-order chi connectivity index (χ0) is 15.3. The van der Waals surface area contributed by atoms with E-state index in [2.05, 4.69) is 0 Å². The molecule has 0 aliphatic rings. The maximum Gasteiger partial charge on any atom is 0.139 e. The second kappa shape index (κ2) is 7.32. The Hall–Kier alpha value is -1.51. The second-order valence-electron chi connectivity index (χ2n) is 4.30. The summed E-state index contributed by atoms with van der Waals surface area (Å²) in [5, 5.41) is 55.9. The predicted molar refractivity (Wildman–Crippen MR) is 68.1 cm³/mol. The van der Waals surface area contributed by atoms with Crippen molar-refractivity contribution >= 4 is 6.08 Å². The van der Waals surface area contributed by atoms with Crippen molar-refractivity contribution < 1.29 is 35.0 Å². The van der Waals surface area contributed by atoms with E-state index in [0.717, 1.165) is 18.2 Å². The van der Waals surface area contributed by atoms with Crippen LogP contribution < -0.4 is 0 Å². The summed E-state index contributed by atoms with van der Waals surface area (Å²) >= 11 is 0. The molecular weight excluding hydrogens is 271 g/mol. The van der Waals surface area contributed by atoms with E-state index < -0.39 is 42.6 Å². The Balaban J connectivity index is 2.79. The van der Waals surface area contributed by atoms with Crippen LogP contribution in [0.4, 0.5) is 4.39 Å². The molecule has 1 aromatic carbocycles. The minimum atomic E-state index is -1.89. The van der Waals surface area contributed by atoms with Gasteiger partial charge in [0.05, 0.1) is 6.61 Å². The van der Waals surface area contributed by atoms with Gasteiger partial charge in [-0.05, 0) is 23.8 Å². The number of halogens is 1. The van der Waals surface area contributed by atoms with Crippen molar-refractivity contribution in [2.45, 2.75) is 24.4 Å². The lowest BCUT2D eigenvalue weighted by Gasteiger charge is -2.25. The largest absolute Gasteiger partial charge is 0.509 e. The first-order chi connectivity index (χ1) is 9.36. The molecule has 1 rings (SSSR count). The minimum Gasteiger partial charge on any atom is -0.509 e. The van der Waals surface area contributed by atoms with Crippen LogP contribution in [0.2, 0.25) is 0 Å². The zero-order valence-electron chi connectivity index (χ0n) is 10.5. The van der Waals surface area contributed by atoms with Crippen LogP contribution in [-0.2, 0) is 0 Å². The Labute approximate surface area is 114 Å². The fourth-order valence-electron chi connectivity index (χ4n) is 1.51. The van der Waals surface area contributed by atoms with Gasteiger partial charge >= 0.3 is 0 Å². The molecular formula is C13H17FO6. The standard InChI is InChI=1S/C13H17FO6/c14-8-3-1-7(2-4-8)5-9(16)11(18)13(20)12(19)10(17)6-15/h1-5,10-13,15-20H,6H2/t10-,11+,12-,13-/m1/s1. The monoisotopic (exact) mass is 288 g/mol. The number of aliphatic hydroxyl groups is 6. The molecule has 7 heteroatoms. The van der Waals surface area contributed by atoms with Crippen molar-refractivity contribution in [3.63, 3.8) is 0 Å². The van der Waals surface area contributed by atoms with Crippen LogP contribution >= 0.6 is 0 Å². The summed E-state index contributed by atoms with van der Waals surface area (Å²) in [6.07, 6.45) is -6.17.